The normalized spacial score (nSPS) is 10.8. The Morgan fingerprint density at radius 3 is 2.95 bits per heavy atom. The van der Waals surface area contributed by atoms with Gasteiger partial charge in [0, 0.05) is 24.3 Å². The number of nitrogens with zero attached hydrogens (tertiary/aromatic N) is 3. The van der Waals surface area contributed by atoms with Crippen molar-refractivity contribution in [2.75, 3.05) is 12.4 Å². The summed E-state index contributed by atoms with van der Waals surface area (Å²) in [6.07, 6.45) is 5.50. The van der Waals surface area contributed by atoms with E-state index in [0.717, 1.165) is 27.3 Å². The Morgan fingerprint density at radius 2 is 2.20 bits per heavy atom. The van der Waals surface area contributed by atoms with Gasteiger partial charge in [0.05, 0.1) is 7.11 Å². The Bertz CT molecular complexity index is 769. The van der Waals surface area contributed by atoms with E-state index in [2.05, 4.69) is 31.2 Å². The molecule has 0 fully saturated rings. The van der Waals surface area contributed by atoms with E-state index in [1.165, 1.54) is 0 Å². The predicted octanol–water partition coefficient (Wildman–Crippen LogP) is 3.55. The maximum Gasteiger partial charge on any atom is 0.180 e. The van der Waals surface area contributed by atoms with Gasteiger partial charge in [0.25, 0.3) is 0 Å². The molecule has 0 amide bonds. The molecule has 0 spiro atoms. The number of aromatic nitrogens is 3. The second-order valence-electron chi connectivity index (χ2n) is 4.38. The van der Waals surface area contributed by atoms with Gasteiger partial charge >= 0.3 is 0 Å². The first-order valence-electron chi connectivity index (χ1n) is 6.08. The standard InChI is InChI=1S/C14H13BrN4O/c1-9-7-10(20-2)3-4-11(9)17-13-14-16-5-6-19(14)8-12(15)18-13/h3-8H,1-2H3,(H,17,18). The third-order valence-corrected chi connectivity index (χ3v) is 3.41. The van der Waals surface area contributed by atoms with E-state index in [4.69, 9.17) is 4.74 Å². The average molecular weight is 333 g/mol. The van der Waals surface area contributed by atoms with E-state index in [1.54, 1.807) is 13.3 Å². The molecule has 2 heterocycles. The fourth-order valence-corrected chi connectivity index (χ4v) is 2.41. The molecule has 3 rings (SSSR count). The summed E-state index contributed by atoms with van der Waals surface area (Å²) in [6, 6.07) is 5.86. The lowest BCUT2D eigenvalue weighted by atomic mass is 10.2. The molecule has 0 atom stereocenters. The molecule has 3 aromatic rings. The molecule has 6 heteroatoms. The Hall–Kier alpha value is -2.08. The first-order valence-corrected chi connectivity index (χ1v) is 6.87. The highest BCUT2D eigenvalue weighted by Crippen LogP contribution is 2.26. The first-order chi connectivity index (χ1) is 9.67. The van der Waals surface area contributed by atoms with Crippen LogP contribution in [0.2, 0.25) is 0 Å². The van der Waals surface area contributed by atoms with Crippen LogP contribution in [0.3, 0.4) is 0 Å². The van der Waals surface area contributed by atoms with Crippen LogP contribution in [0.15, 0.2) is 41.4 Å². The maximum absolute atomic E-state index is 5.21. The summed E-state index contributed by atoms with van der Waals surface area (Å²) in [5.41, 5.74) is 2.83. The van der Waals surface area contributed by atoms with E-state index in [0.29, 0.717) is 5.82 Å². The minimum atomic E-state index is 0.706. The number of halogens is 1. The van der Waals surface area contributed by atoms with Crippen LogP contribution < -0.4 is 10.1 Å². The largest absolute Gasteiger partial charge is 0.497 e. The summed E-state index contributed by atoms with van der Waals surface area (Å²) >= 11 is 3.40. The molecule has 20 heavy (non-hydrogen) atoms. The van der Waals surface area contributed by atoms with E-state index >= 15 is 0 Å². The minimum Gasteiger partial charge on any atom is -0.497 e. The van der Waals surface area contributed by atoms with Crippen molar-refractivity contribution in [3.63, 3.8) is 0 Å². The third-order valence-electron chi connectivity index (χ3n) is 3.03. The van der Waals surface area contributed by atoms with Crippen LogP contribution in [0.25, 0.3) is 5.65 Å². The molecule has 0 aliphatic rings. The van der Waals surface area contributed by atoms with E-state index in [9.17, 15) is 0 Å². The number of imidazole rings is 1. The summed E-state index contributed by atoms with van der Waals surface area (Å²) in [5, 5.41) is 3.31. The number of anilines is 2. The van der Waals surface area contributed by atoms with Crippen molar-refractivity contribution >= 4 is 33.1 Å². The predicted molar refractivity (Wildman–Crippen MR) is 81.7 cm³/mol. The molecular formula is C14H13BrN4O. The van der Waals surface area contributed by atoms with Crippen molar-refractivity contribution in [1.82, 2.24) is 14.4 Å². The van der Waals surface area contributed by atoms with E-state index in [-0.39, 0.29) is 0 Å². The van der Waals surface area contributed by atoms with Gasteiger partial charge < -0.3 is 14.5 Å². The summed E-state index contributed by atoms with van der Waals surface area (Å²) in [5.74, 6) is 1.54. The lowest BCUT2D eigenvalue weighted by Crippen LogP contribution is -2.00. The fraction of sp³-hybridized carbons (Fsp3) is 0.143. The van der Waals surface area contributed by atoms with Gasteiger partial charge in [-0.15, -0.1) is 0 Å². The quantitative estimate of drug-likeness (QED) is 0.796. The average Bonchev–Trinajstić information content (AvgIpc) is 2.89. The molecule has 0 bridgehead atoms. The monoisotopic (exact) mass is 332 g/mol. The first kappa shape index (κ1) is 12.9. The second kappa shape index (κ2) is 5.13. The number of fused-ring (bicyclic) bond motifs is 1. The number of rotatable bonds is 3. The number of hydrogen-bond donors (Lipinski definition) is 1. The lowest BCUT2D eigenvalue weighted by Gasteiger charge is -2.11. The van der Waals surface area contributed by atoms with Crippen molar-refractivity contribution in [2.45, 2.75) is 6.92 Å². The molecule has 0 saturated heterocycles. The molecule has 1 N–H and O–H groups in total. The Balaban J connectivity index is 2.03. The van der Waals surface area contributed by atoms with Gasteiger partial charge in [0.1, 0.15) is 10.4 Å². The van der Waals surface area contributed by atoms with Gasteiger partial charge in [-0.2, -0.15) is 0 Å². The van der Waals surface area contributed by atoms with Crippen molar-refractivity contribution in [3.8, 4) is 5.75 Å². The second-order valence-corrected chi connectivity index (χ2v) is 5.19. The Labute approximate surface area is 124 Å². The molecule has 102 valence electrons. The lowest BCUT2D eigenvalue weighted by molar-refractivity contribution is 0.414. The zero-order valence-corrected chi connectivity index (χ0v) is 12.7. The SMILES string of the molecule is COc1ccc(Nc2nc(Br)cn3ccnc23)c(C)c1. The zero-order valence-electron chi connectivity index (χ0n) is 11.1. The van der Waals surface area contributed by atoms with E-state index < -0.39 is 0 Å². The van der Waals surface area contributed by atoms with Crippen LogP contribution in [0, 0.1) is 6.92 Å². The van der Waals surface area contributed by atoms with Crippen LogP contribution in [-0.2, 0) is 0 Å². The summed E-state index contributed by atoms with van der Waals surface area (Å²) in [6.45, 7) is 2.02. The molecule has 1 aromatic carbocycles. The topological polar surface area (TPSA) is 51.5 Å². The molecule has 0 unspecified atom stereocenters. The summed E-state index contributed by atoms with van der Waals surface area (Å²) in [7, 11) is 1.66. The molecule has 5 nitrogen and oxygen atoms in total. The van der Waals surface area contributed by atoms with Gasteiger partial charge in [0.2, 0.25) is 0 Å². The highest BCUT2D eigenvalue weighted by molar-refractivity contribution is 9.10. The van der Waals surface area contributed by atoms with Crippen LogP contribution in [-0.4, -0.2) is 21.5 Å². The van der Waals surface area contributed by atoms with Crippen LogP contribution in [0.5, 0.6) is 5.75 Å². The molecule has 0 aliphatic heterocycles. The van der Waals surface area contributed by atoms with Crippen LogP contribution in [0.1, 0.15) is 5.56 Å². The van der Waals surface area contributed by atoms with Gasteiger partial charge in [-0.3, -0.25) is 0 Å². The zero-order chi connectivity index (χ0) is 14.1. The van der Waals surface area contributed by atoms with E-state index in [1.807, 2.05) is 41.9 Å². The van der Waals surface area contributed by atoms with Gasteiger partial charge in [0.15, 0.2) is 11.5 Å². The molecule has 0 radical (unpaired) electrons. The van der Waals surface area contributed by atoms with Gasteiger partial charge in [-0.1, -0.05) is 0 Å². The fourth-order valence-electron chi connectivity index (χ4n) is 2.02. The molecule has 0 aliphatic carbocycles. The third kappa shape index (κ3) is 2.34. The minimum absolute atomic E-state index is 0.706. The smallest absolute Gasteiger partial charge is 0.180 e. The molecule has 2 aromatic heterocycles. The number of nitrogens with one attached hydrogen (secondary N) is 1. The number of hydrogen-bond acceptors (Lipinski definition) is 4. The number of benzene rings is 1. The highest BCUT2D eigenvalue weighted by Gasteiger charge is 2.08. The highest BCUT2D eigenvalue weighted by atomic mass is 79.9. The van der Waals surface area contributed by atoms with Crippen LogP contribution >= 0.6 is 15.9 Å². The Kier molecular flexibility index (Phi) is 3.31. The maximum atomic E-state index is 5.21. The number of aryl methyl sites for hydroxylation is 1. The van der Waals surface area contributed by atoms with Gasteiger partial charge in [-0.25, -0.2) is 9.97 Å². The molecule has 0 saturated carbocycles. The summed E-state index contributed by atoms with van der Waals surface area (Å²) < 4.78 is 7.87. The molecular weight excluding hydrogens is 320 g/mol. The summed E-state index contributed by atoms with van der Waals surface area (Å²) in [4.78, 5) is 8.76. The van der Waals surface area contributed by atoms with Crippen LogP contribution in [0.4, 0.5) is 11.5 Å². The van der Waals surface area contributed by atoms with Crippen molar-refractivity contribution in [1.29, 1.82) is 0 Å². The number of methoxy groups -OCH3 is 1. The van der Waals surface area contributed by atoms with Crippen molar-refractivity contribution < 1.29 is 4.74 Å². The number of ether oxygens (including phenoxy) is 1. The van der Waals surface area contributed by atoms with Crippen molar-refractivity contribution in [3.05, 3.63) is 47.0 Å². The Morgan fingerprint density at radius 1 is 1.35 bits per heavy atom. The van der Waals surface area contributed by atoms with Crippen molar-refractivity contribution in [2.24, 2.45) is 0 Å². The van der Waals surface area contributed by atoms with Gasteiger partial charge in [-0.05, 0) is 46.6 Å².